The SMILES string of the molecule is CNC(=O)CN(c1cccc(Cl)c1C)S(C)(=O)=O. The molecule has 5 nitrogen and oxygen atoms in total. The first-order valence-electron chi connectivity index (χ1n) is 5.20. The molecule has 0 aromatic heterocycles. The number of nitrogens with zero attached hydrogens (tertiary/aromatic N) is 1. The van der Waals surface area contributed by atoms with Crippen molar-refractivity contribution in [1.29, 1.82) is 0 Å². The van der Waals surface area contributed by atoms with Crippen molar-refractivity contribution in [1.82, 2.24) is 5.32 Å². The second-order valence-corrected chi connectivity index (χ2v) is 6.14. The average molecular weight is 291 g/mol. The van der Waals surface area contributed by atoms with E-state index in [0.717, 1.165) is 10.6 Å². The molecule has 0 saturated heterocycles. The maximum Gasteiger partial charge on any atom is 0.240 e. The number of amides is 1. The maximum absolute atomic E-state index is 11.7. The predicted octanol–water partition coefficient (Wildman–Crippen LogP) is 1.16. The molecule has 100 valence electrons. The number of nitrogens with one attached hydrogen (secondary N) is 1. The van der Waals surface area contributed by atoms with Gasteiger partial charge in [0.2, 0.25) is 15.9 Å². The molecule has 0 unspecified atom stereocenters. The van der Waals surface area contributed by atoms with Crippen LogP contribution in [0.5, 0.6) is 0 Å². The van der Waals surface area contributed by atoms with Crippen molar-refractivity contribution in [3.8, 4) is 0 Å². The molecule has 1 rings (SSSR count). The molecule has 0 saturated carbocycles. The van der Waals surface area contributed by atoms with Gasteiger partial charge in [0.25, 0.3) is 0 Å². The molecule has 1 amide bonds. The fourth-order valence-electron chi connectivity index (χ4n) is 1.46. The number of likely N-dealkylation sites (N-methyl/N-ethyl adjacent to an activating group) is 1. The average Bonchev–Trinajstić information content (AvgIpc) is 2.28. The van der Waals surface area contributed by atoms with Gasteiger partial charge in [0.15, 0.2) is 0 Å². The summed E-state index contributed by atoms with van der Waals surface area (Å²) in [6.07, 6.45) is 1.05. The van der Waals surface area contributed by atoms with Gasteiger partial charge in [0.05, 0.1) is 11.9 Å². The van der Waals surface area contributed by atoms with Crippen LogP contribution < -0.4 is 9.62 Å². The third-order valence-corrected chi connectivity index (χ3v) is 4.01. The van der Waals surface area contributed by atoms with Crippen molar-refractivity contribution < 1.29 is 13.2 Å². The Morgan fingerprint density at radius 1 is 1.44 bits per heavy atom. The zero-order valence-electron chi connectivity index (χ0n) is 10.4. The summed E-state index contributed by atoms with van der Waals surface area (Å²) in [5.41, 5.74) is 1.03. The molecule has 0 fully saturated rings. The van der Waals surface area contributed by atoms with E-state index in [1.54, 1.807) is 25.1 Å². The Morgan fingerprint density at radius 2 is 2.06 bits per heavy atom. The number of sulfonamides is 1. The zero-order chi connectivity index (χ0) is 13.9. The normalized spacial score (nSPS) is 11.1. The van der Waals surface area contributed by atoms with Crippen LogP contribution in [0, 0.1) is 6.92 Å². The first kappa shape index (κ1) is 14.8. The Morgan fingerprint density at radius 3 is 2.56 bits per heavy atom. The van der Waals surface area contributed by atoms with Crippen LogP contribution in [0.3, 0.4) is 0 Å². The summed E-state index contributed by atoms with van der Waals surface area (Å²) < 4.78 is 24.5. The molecule has 0 spiro atoms. The van der Waals surface area contributed by atoms with E-state index in [4.69, 9.17) is 11.6 Å². The summed E-state index contributed by atoms with van der Waals surface area (Å²) >= 11 is 5.96. The molecular formula is C11H15ClN2O3S. The smallest absolute Gasteiger partial charge is 0.240 e. The van der Waals surface area contributed by atoms with Crippen LogP contribution in [0.25, 0.3) is 0 Å². The molecule has 18 heavy (non-hydrogen) atoms. The third kappa shape index (κ3) is 3.36. The molecule has 0 radical (unpaired) electrons. The molecule has 0 aliphatic carbocycles. The summed E-state index contributed by atoms with van der Waals surface area (Å²) in [5, 5.41) is 2.85. The molecule has 0 bridgehead atoms. The van der Waals surface area contributed by atoms with Gasteiger partial charge in [0, 0.05) is 12.1 Å². The highest BCUT2D eigenvalue weighted by Crippen LogP contribution is 2.27. The Balaban J connectivity index is 3.27. The molecular weight excluding hydrogens is 276 g/mol. The van der Waals surface area contributed by atoms with Crippen molar-refractivity contribution in [3.63, 3.8) is 0 Å². The van der Waals surface area contributed by atoms with Crippen molar-refractivity contribution in [2.24, 2.45) is 0 Å². The van der Waals surface area contributed by atoms with Crippen molar-refractivity contribution in [2.45, 2.75) is 6.92 Å². The van der Waals surface area contributed by atoms with E-state index in [1.807, 2.05) is 0 Å². The lowest BCUT2D eigenvalue weighted by Crippen LogP contribution is -2.39. The van der Waals surface area contributed by atoms with Gasteiger partial charge >= 0.3 is 0 Å². The standard InChI is InChI=1S/C11H15ClN2O3S/c1-8-9(12)5-4-6-10(8)14(18(3,16)17)7-11(15)13-2/h4-6H,7H2,1-3H3,(H,13,15). The molecule has 0 heterocycles. The Kier molecular flexibility index (Phi) is 4.59. The first-order chi connectivity index (χ1) is 8.27. The zero-order valence-corrected chi connectivity index (χ0v) is 12.0. The van der Waals surface area contributed by atoms with E-state index >= 15 is 0 Å². The van der Waals surface area contributed by atoms with Crippen LogP contribution in [0.2, 0.25) is 5.02 Å². The number of anilines is 1. The lowest BCUT2D eigenvalue weighted by atomic mass is 10.2. The van der Waals surface area contributed by atoms with Gasteiger partial charge in [-0.15, -0.1) is 0 Å². The second kappa shape index (κ2) is 5.58. The quantitative estimate of drug-likeness (QED) is 0.905. The highest BCUT2D eigenvalue weighted by molar-refractivity contribution is 7.92. The minimum atomic E-state index is -3.55. The highest BCUT2D eigenvalue weighted by Gasteiger charge is 2.22. The van der Waals surface area contributed by atoms with E-state index in [1.165, 1.54) is 7.05 Å². The first-order valence-corrected chi connectivity index (χ1v) is 7.43. The number of benzene rings is 1. The predicted molar refractivity (Wildman–Crippen MR) is 72.4 cm³/mol. The maximum atomic E-state index is 11.7. The van der Waals surface area contributed by atoms with Gasteiger partial charge in [-0.3, -0.25) is 9.10 Å². The number of hydrogen-bond acceptors (Lipinski definition) is 3. The molecule has 1 N–H and O–H groups in total. The van der Waals surface area contributed by atoms with E-state index in [0.29, 0.717) is 16.3 Å². The van der Waals surface area contributed by atoms with Crippen molar-refractivity contribution >= 4 is 33.2 Å². The van der Waals surface area contributed by atoms with E-state index in [2.05, 4.69) is 5.32 Å². The van der Waals surface area contributed by atoms with Crippen LogP contribution >= 0.6 is 11.6 Å². The summed E-state index contributed by atoms with van der Waals surface area (Å²) in [6, 6.07) is 4.93. The summed E-state index contributed by atoms with van der Waals surface area (Å²) in [5.74, 6) is -0.389. The summed E-state index contributed by atoms with van der Waals surface area (Å²) in [7, 11) is -2.10. The van der Waals surface area contributed by atoms with Crippen molar-refractivity contribution in [3.05, 3.63) is 28.8 Å². The van der Waals surface area contributed by atoms with E-state index < -0.39 is 10.0 Å². The fourth-order valence-corrected chi connectivity index (χ4v) is 2.53. The highest BCUT2D eigenvalue weighted by atomic mass is 35.5. The molecule has 0 aliphatic heterocycles. The van der Waals surface area contributed by atoms with Crippen LogP contribution in [0.1, 0.15) is 5.56 Å². The van der Waals surface area contributed by atoms with Gasteiger partial charge in [0.1, 0.15) is 6.54 Å². The van der Waals surface area contributed by atoms with Gasteiger partial charge in [-0.2, -0.15) is 0 Å². The Bertz CT molecular complexity index is 557. The summed E-state index contributed by atoms with van der Waals surface area (Å²) in [4.78, 5) is 11.4. The minimum Gasteiger partial charge on any atom is -0.358 e. The van der Waals surface area contributed by atoms with Crippen molar-refractivity contribution in [2.75, 3.05) is 24.2 Å². The molecule has 0 atom stereocenters. The number of rotatable bonds is 4. The molecule has 7 heteroatoms. The monoisotopic (exact) mass is 290 g/mol. The third-order valence-electron chi connectivity index (χ3n) is 2.47. The molecule has 0 aliphatic rings. The Hall–Kier alpha value is -1.27. The van der Waals surface area contributed by atoms with Crippen LogP contribution in [0.15, 0.2) is 18.2 Å². The lowest BCUT2D eigenvalue weighted by molar-refractivity contribution is -0.119. The molecule has 1 aromatic rings. The number of carbonyl (C=O) groups is 1. The second-order valence-electron chi connectivity index (χ2n) is 3.83. The van der Waals surface area contributed by atoms with E-state index in [-0.39, 0.29) is 12.5 Å². The minimum absolute atomic E-state index is 0.267. The summed E-state index contributed by atoms with van der Waals surface area (Å²) in [6.45, 7) is 1.44. The number of carbonyl (C=O) groups excluding carboxylic acids is 1. The lowest BCUT2D eigenvalue weighted by Gasteiger charge is -2.23. The van der Waals surface area contributed by atoms with Gasteiger partial charge in [-0.1, -0.05) is 17.7 Å². The molecule has 1 aromatic carbocycles. The van der Waals surface area contributed by atoms with Crippen LogP contribution in [0.4, 0.5) is 5.69 Å². The van der Waals surface area contributed by atoms with Gasteiger partial charge in [-0.05, 0) is 24.6 Å². The van der Waals surface area contributed by atoms with Crippen LogP contribution in [-0.2, 0) is 14.8 Å². The van der Waals surface area contributed by atoms with Gasteiger partial charge < -0.3 is 5.32 Å². The largest absolute Gasteiger partial charge is 0.358 e. The van der Waals surface area contributed by atoms with Gasteiger partial charge in [-0.25, -0.2) is 8.42 Å². The van der Waals surface area contributed by atoms with Crippen LogP contribution in [-0.4, -0.2) is 34.2 Å². The Labute approximate surface area is 112 Å². The number of hydrogen-bond donors (Lipinski definition) is 1. The fraction of sp³-hybridized carbons (Fsp3) is 0.364. The number of halogens is 1. The van der Waals surface area contributed by atoms with E-state index in [9.17, 15) is 13.2 Å². The topological polar surface area (TPSA) is 66.5 Å².